The molecular weight excluding hydrogens is 412 g/mol. The fraction of sp³-hybridized carbons (Fsp3) is 0.391. The number of benzene rings is 1. The summed E-state index contributed by atoms with van der Waals surface area (Å²) in [6.45, 7) is 3.80. The van der Waals surface area contributed by atoms with Gasteiger partial charge in [-0.3, -0.25) is 19.3 Å². The quantitative estimate of drug-likeness (QED) is 0.672. The number of aromatic nitrogens is 1. The lowest BCUT2D eigenvalue weighted by atomic mass is 9.84. The largest absolute Gasteiger partial charge is 0.339 e. The smallest absolute Gasteiger partial charge is 0.246 e. The fourth-order valence-electron chi connectivity index (χ4n) is 3.78. The summed E-state index contributed by atoms with van der Waals surface area (Å²) in [5, 5.41) is 2.39. The molecule has 162 valence electrons. The lowest BCUT2D eigenvalue weighted by molar-refractivity contribution is -0.142. The molecule has 0 bridgehead atoms. The number of amides is 3. The van der Waals surface area contributed by atoms with E-state index < -0.39 is 0 Å². The lowest BCUT2D eigenvalue weighted by Crippen LogP contribution is -2.52. The summed E-state index contributed by atoms with van der Waals surface area (Å²) in [4.78, 5) is 46.8. The van der Waals surface area contributed by atoms with Crippen LogP contribution in [0.2, 0.25) is 0 Å². The van der Waals surface area contributed by atoms with Crippen molar-refractivity contribution >= 4 is 46.0 Å². The first-order valence-electron chi connectivity index (χ1n) is 10.6. The fourth-order valence-corrected chi connectivity index (χ4v) is 4.64. The van der Waals surface area contributed by atoms with Gasteiger partial charge in [0.25, 0.3) is 0 Å². The zero-order valence-corrected chi connectivity index (χ0v) is 18.4. The third-order valence-electron chi connectivity index (χ3n) is 5.78. The zero-order chi connectivity index (χ0) is 21.8. The van der Waals surface area contributed by atoms with Crippen LogP contribution >= 0.6 is 11.3 Å². The van der Waals surface area contributed by atoms with Crippen LogP contribution in [0.25, 0.3) is 6.08 Å². The van der Waals surface area contributed by atoms with Crippen molar-refractivity contribution in [3.63, 3.8) is 0 Å². The highest BCUT2D eigenvalue weighted by molar-refractivity contribution is 7.14. The van der Waals surface area contributed by atoms with Crippen LogP contribution < -0.4 is 4.90 Å². The van der Waals surface area contributed by atoms with Gasteiger partial charge in [0.15, 0.2) is 5.13 Å². The third-order valence-corrected chi connectivity index (χ3v) is 6.63. The van der Waals surface area contributed by atoms with Gasteiger partial charge in [0.05, 0.1) is 11.4 Å². The van der Waals surface area contributed by atoms with Gasteiger partial charge in [-0.05, 0) is 31.1 Å². The lowest BCUT2D eigenvalue weighted by Gasteiger charge is -2.37. The Morgan fingerprint density at radius 3 is 2.35 bits per heavy atom. The Morgan fingerprint density at radius 2 is 1.74 bits per heavy atom. The van der Waals surface area contributed by atoms with Crippen molar-refractivity contribution in [3.05, 3.63) is 47.5 Å². The van der Waals surface area contributed by atoms with E-state index >= 15 is 0 Å². The minimum atomic E-state index is -0.124. The summed E-state index contributed by atoms with van der Waals surface area (Å²) >= 11 is 1.36. The Bertz CT molecular complexity index is 976. The molecule has 31 heavy (non-hydrogen) atoms. The minimum Gasteiger partial charge on any atom is -0.339 e. The molecule has 1 saturated carbocycles. The molecule has 1 aliphatic carbocycles. The molecule has 2 heterocycles. The van der Waals surface area contributed by atoms with Crippen LogP contribution in [-0.4, -0.2) is 58.7 Å². The highest BCUT2D eigenvalue weighted by Gasteiger charge is 2.31. The molecular formula is C23H26N4O3S. The van der Waals surface area contributed by atoms with Crippen LogP contribution in [0.5, 0.6) is 0 Å². The van der Waals surface area contributed by atoms with Gasteiger partial charge < -0.3 is 9.80 Å². The van der Waals surface area contributed by atoms with Gasteiger partial charge >= 0.3 is 0 Å². The maximum absolute atomic E-state index is 12.6. The maximum atomic E-state index is 12.6. The number of carbonyl (C=O) groups is 3. The predicted octanol–water partition coefficient (Wildman–Crippen LogP) is 3.31. The molecule has 1 aromatic carbocycles. The summed E-state index contributed by atoms with van der Waals surface area (Å²) in [5.41, 5.74) is 1.39. The molecule has 3 amide bonds. The number of piperazine rings is 1. The van der Waals surface area contributed by atoms with Crippen molar-refractivity contribution in [2.24, 2.45) is 5.92 Å². The average Bonchev–Trinajstić information content (AvgIpc) is 3.20. The molecule has 1 aliphatic heterocycles. The van der Waals surface area contributed by atoms with Crippen molar-refractivity contribution < 1.29 is 14.4 Å². The molecule has 7 nitrogen and oxygen atoms in total. The molecule has 2 aliphatic rings. The Kier molecular flexibility index (Phi) is 6.46. The van der Waals surface area contributed by atoms with Gasteiger partial charge in [0.1, 0.15) is 0 Å². The second-order valence-electron chi connectivity index (χ2n) is 7.86. The summed E-state index contributed by atoms with van der Waals surface area (Å²) in [5.74, 6) is 0.238. The number of hydrogen-bond donors (Lipinski definition) is 0. The zero-order valence-electron chi connectivity index (χ0n) is 17.6. The van der Waals surface area contributed by atoms with Crippen LogP contribution in [0.15, 0.2) is 41.8 Å². The summed E-state index contributed by atoms with van der Waals surface area (Å²) in [7, 11) is 0. The monoisotopic (exact) mass is 438 g/mol. The number of nitrogens with zero attached hydrogens (tertiary/aromatic N) is 4. The van der Waals surface area contributed by atoms with E-state index in [1.165, 1.54) is 24.3 Å². The Balaban J connectivity index is 1.35. The van der Waals surface area contributed by atoms with Crippen LogP contribution in [0, 0.1) is 5.92 Å². The Labute approximate surface area is 186 Å². The van der Waals surface area contributed by atoms with Crippen LogP contribution in [0.4, 0.5) is 10.8 Å². The van der Waals surface area contributed by atoms with Crippen molar-refractivity contribution in [2.75, 3.05) is 31.1 Å². The van der Waals surface area contributed by atoms with Gasteiger partial charge in [-0.2, -0.15) is 0 Å². The SMILES string of the molecule is CC(=O)N(c1ccccc1)c1nc(/C=C/C(=O)N2CCN(C(=O)C3CCC3)CC2)cs1. The number of thiazole rings is 1. The summed E-state index contributed by atoms with van der Waals surface area (Å²) in [6, 6.07) is 9.36. The van der Waals surface area contributed by atoms with Crippen LogP contribution in [0.1, 0.15) is 31.9 Å². The molecule has 0 atom stereocenters. The number of hydrogen-bond acceptors (Lipinski definition) is 5. The number of para-hydroxylation sites is 1. The molecule has 0 N–H and O–H groups in total. The summed E-state index contributed by atoms with van der Waals surface area (Å²) in [6.07, 6.45) is 6.34. The van der Waals surface area contributed by atoms with E-state index in [0.717, 1.165) is 24.9 Å². The standard InChI is InChI=1S/C23H26N4O3S/c1-17(28)27(20-8-3-2-4-9-20)23-24-19(16-31-23)10-11-21(29)25-12-14-26(15-13-25)22(30)18-6-5-7-18/h2-4,8-11,16,18H,5-7,12-15H2,1H3/b11-10+. The molecule has 4 rings (SSSR count). The maximum Gasteiger partial charge on any atom is 0.246 e. The van der Waals surface area contributed by atoms with Gasteiger partial charge in [-0.25, -0.2) is 4.98 Å². The van der Waals surface area contributed by atoms with Gasteiger partial charge in [-0.1, -0.05) is 24.6 Å². The molecule has 0 radical (unpaired) electrons. The second-order valence-corrected chi connectivity index (χ2v) is 8.69. The van der Waals surface area contributed by atoms with E-state index in [2.05, 4.69) is 4.98 Å². The summed E-state index contributed by atoms with van der Waals surface area (Å²) < 4.78 is 0. The predicted molar refractivity (Wildman–Crippen MR) is 121 cm³/mol. The first kappa shape index (κ1) is 21.2. The first-order valence-corrected chi connectivity index (χ1v) is 11.5. The third kappa shape index (κ3) is 4.85. The van der Waals surface area contributed by atoms with E-state index in [1.807, 2.05) is 40.6 Å². The molecule has 0 spiro atoms. The van der Waals surface area contributed by atoms with Crippen LogP contribution in [0.3, 0.4) is 0 Å². The molecule has 0 unspecified atom stereocenters. The van der Waals surface area contributed by atoms with Gasteiger partial charge in [0, 0.05) is 50.5 Å². The highest BCUT2D eigenvalue weighted by Crippen LogP contribution is 2.30. The average molecular weight is 439 g/mol. The second kappa shape index (κ2) is 9.43. The highest BCUT2D eigenvalue weighted by atomic mass is 32.1. The van der Waals surface area contributed by atoms with E-state index in [1.54, 1.807) is 15.9 Å². The van der Waals surface area contributed by atoms with Crippen LogP contribution in [-0.2, 0) is 14.4 Å². The molecule has 2 aromatic rings. The molecule has 1 aromatic heterocycles. The van der Waals surface area contributed by atoms with E-state index in [0.29, 0.717) is 37.0 Å². The van der Waals surface area contributed by atoms with Crippen molar-refractivity contribution in [1.82, 2.24) is 14.8 Å². The van der Waals surface area contributed by atoms with Gasteiger partial charge in [-0.15, -0.1) is 11.3 Å². The Hall–Kier alpha value is -3.00. The molecule has 2 fully saturated rings. The molecule has 8 heteroatoms. The Morgan fingerprint density at radius 1 is 1.06 bits per heavy atom. The first-order chi connectivity index (χ1) is 15.0. The van der Waals surface area contributed by atoms with Crippen molar-refractivity contribution in [1.29, 1.82) is 0 Å². The minimum absolute atomic E-state index is 0.0863. The van der Waals surface area contributed by atoms with E-state index in [9.17, 15) is 14.4 Å². The normalized spacial score (nSPS) is 16.9. The van der Waals surface area contributed by atoms with E-state index in [4.69, 9.17) is 0 Å². The number of carbonyl (C=O) groups excluding carboxylic acids is 3. The van der Waals surface area contributed by atoms with Crippen molar-refractivity contribution in [2.45, 2.75) is 26.2 Å². The van der Waals surface area contributed by atoms with E-state index in [-0.39, 0.29) is 23.6 Å². The molecule has 1 saturated heterocycles. The van der Waals surface area contributed by atoms with Gasteiger partial charge in [0.2, 0.25) is 17.7 Å². The van der Waals surface area contributed by atoms with Crippen molar-refractivity contribution in [3.8, 4) is 0 Å². The number of anilines is 2. The number of rotatable bonds is 5. The topological polar surface area (TPSA) is 73.8 Å².